The van der Waals surface area contributed by atoms with E-state index >= 15 is 4.39 Å². The third-order valence-corrected chi connectivity index (χ3v) is 6.40. The van der Waals surface area contributed by atoms with E-state index in [0.717, 1.165) is 17.7 Å². The second-order valence-corrected chi connectivity index (χ2v) is 8.87. The molecule has 1 unspecified atom stereocenters. The Morgan fingerprint density at radius 3 is 2.65 bits per heavy atom. The molecule has 4 aromatic rings. The van der Waals surface area contributed by atoms with Crippen LogP contribution in [0.1, 0.15) is 43.0 Å². The van der Waals surface area contributed by atoms with Gasteiger partial charge in [0.2, 0.25) is 5.95 Å². The minimum absolute atomic E-state index is 0.0428. The Balaban J connectivity index is 1.39. The van der Waals surface area contributed by atoms with E-state index < -0.39 is 5.95 Å². The summed E-state index contributed by atoms with van der Waals surface area (Å²) in [5, 5.41) is 7.25. The summed E-state index contributed by atoms with van der Waals surface area (Å²) in [6, 6.07) is 9.47. The zero-order chi connectivity index (χ0) is 25.9. The Bertz CT molecular complexity index is 1510. The largest absolute Gasteiger partial charge is 0.363 e. The zero-order valence-corrected chi connectivity index (χ0v) is 20.6. The highest BCUT2D eigenvalue weighted by Crippen LogP contribution is 2.34. The number of hydrogen-bond acceptors (Lipinski definition) is 6. The molecule has 0 fully saturated rings. The molecule has 188 valence electrons. The topological polar surface area (TPSA) is 90.9 Å². The first-order chi connectivity index (χ1) is 17.9. The number of pyridine rings is 1. The lowest BCUT2D eigenvalue weighted by atomic mass is 10.0. The number of nitrogens with one attached hydrogen (secondary N) is 3. The van der Waals surface area contributed by atoms with Crippen molar-refractivity contribution in [1.82, 2.24) is 19.9 Å². The molecule has 0 amide bonds. The first-order valence-corrected chi connectivity index (χ1v) is 12.1. The molecule has 2 atom stereocenters. The first kappa shape index (κ1) is 24.3. The summed E-state index contributed by atoms with van der Waals surface area (Å²) in [5.74, 6) is 0.0577. The van der Waals surface area contributed by atoms with E-state index in [0.29, 0.717) is 40.4 Å². The van der Waals surface area contributed by atoms with Crippen molar-refractivity contribution in [3.8, 4) is 0 Å². The fraction of sp³-hybridized carbons (Fsp3) is 0.214. The molecule has 37 heavy (non-hydrogen) atoms. The number of H-pyrrole nitrogens is 1. The number of aromatic nitrogens is 4. The van der Waals surface area contributed by atoms with Gasteiger partial charge in [-0.3, -0.25) is 4.99 Å². The molecule has 4 heterocycles. The van der Waals surface area contributed by atoms with Crippen molar-refractivity contribution >= 4 is 34.0 Å². The Morgan fingerprint density at radius 2 is 1.95 bits per heavy atom. The van der Waals surface area contributed by atoms with Crippen molar-refractivity contribution in [1.29, 1.82) is 0 Å². The van der Waals surface area contributed by atoms with Crippen molar-refractivity contribution in [2.24, 2.45) is 4.99 Å². The molecule has 0 aliphatic carbocycles. The quantitative estimate of drug-likeness (QED) is 0.256. The Morgan fingerprint density at radius 1 is 1.14 bits per heavy atom. The maximum Gasteiger partial charge on any atom is 0.222 e. The average molecular weight is 500 g/mol. The van der Waals surface area contributed by atoms with Crippen molar-refractivity contribution < 1.29 is 8.78 Å². The summed E-state index contributed by atoms with van der Waals surface area (Å²) < 4.78 is 28.5. The number of nitrogens with zero attached hydrogens (tertiary/aromatic N) is 4. The lowest BCUT2D eigenvalue weighted by Gasteiger charge is -2.18. The third-order valence-electron chi connectivity index (χ3n) is 6.40. The van der Waals surface area contributed by atoms with Crippen molar-refractivity contribution in [3.63, 3.8) is 0 Å². The van der Waals surface area contributed by atoms with Crippen LogP contribution in [0.25, 0.3) is 16.6 Å². The number of aromatic amines is 1. The van der Waals surface area contributed by atoms with E-state index in [9.17, 15) is 4.39 Å². The van der Waals surface area contributed by atoms with E-state index in [-0.39, 0.29) is 23.5 Å². The summed E-state index contributed by atoms with van der Waals surface area (Å²) in [7, 11) is 0. The number of aliphatic imine (C=N–C) groups is 1. The molecule has 0 saturated carbocycles. The molecule has 1 aliphatic heterocycles. The maximum absolute atomic E-state index is 15.2. The van der Waals surface area contributed by atoms with E-state index in [4.69, 9.17) is 0 Å². The van der Waals surface area contributed by atoms with Gasteiger partial charge in [0.15, 0.2) is 0 Å². The predicted octanol–water partition coefficient (Wildman–Crippen LogP) is 6.07. The Hall–Kier alpha value is -4.40. The van der Waals surface area contributed by atoms with Gasteiger partial charge in [0.25, 0.3) is 0 Å². The normalized spacial score (nSPS) is 15.9. The monoisotopic (exact) mass is 499 g/mol. The van der Waals surface area contributed by atoms with Crippen LogP contribution in [0.15, 0.2) is 72.6 Å². The fourth-order valence-corrected chi connectivity index (χ4v) is 4.30. The third kappa shape index (κ3) is 5.11. The van der Waals surface area contributed by atoms with Gasteiger partial charge < -0.3 is 15.6 Å². The molecule has 0 saturated heterocycles. The maximum atomic E-state index is 15.2. The van der Waals surface area contributed by atoms with Crippen LogP contribution in [0.4, 0.5) is 20.4 Å². The van der Waals surface area contributed by atoms with Gasteiger partial charge in [-0.05, 0) is 54.8 Å². The van der Waals surface area contributed by atoms with Gasteiger partial charge in [-0.1, -0.05) is 31.7 Å². The van der Waals surface area contributed by atoms with Gasteiger partial charge in [0.05, 0.1) is 18.0 Å². The van der Waals surface area contributed by atoms with Crippen LogP contribution in [0, 0.1) is 11.8 Å². The van der Waals surface area contributed by atoms with Crippen molar-refractivity contribution in [3.05, 3.63) is 96.1 Å². The van der Waals surface area contributed by atoms with Crippen LogP contribution in [0.5, 0.6) is 0 Å². The molecular weight excluding hydrogens is 472 g/mol. The Kier molecular flexibility index (Phi) is 6.76. The van der Waals surface area contributed by atoms with E-state index in [1.54, 1.807) is 30.5 Å². The highest BCUT2D eigenvalue weighted by molar-refractivity contribution is 6.00. The number of halogens is 2. The summed E-state index contributed by atoms with van der Waals surface area (Å²) >= 11 is 0. The molecule has 0 spiro atoms. The standard InChI is InChI=1S/C28H27F2N7/c1-4-20-9-10-21(13-31-20)36-24-12-11-22(26(30)37-24)16(2)23-14-32-27-25(23)28(34-15-33-27)35-17(3)18-5-7-19(29)8-6-18/h5-12,14-15,17,21H,2,4,13H2,1,3H3,(H,36,37)(H2,32,33,34,35)/t17-,21?/m0/s1. The molecular formula is C28H27F2N7. The minimum atomic E-state index is -0.632. The highest BCUT2D eigenvalue weighted by Gasteiger charge is 2.19. The van der Waals surface area contributed by atoms with Gasteiger partial charge in [0, 0.05) is 29.1 Å². The second-order valence-electron chi connectivity index (χ2n) is 8.87. The molecule has 7 nitrogen and oxygen atoms in total. The van der Waals surface area contributed by atoms with Crippen LogP contribution in [-0.2, 0) is 0 Å². The summed E-state index contributed by atoms with van der Waals surface area (Å²) in [6.45, 7) is 8.75. The fourth-order valence-electron chi connectivity index (χ4n) is 4.30. The van der Waals surface area contributed by atoms with Gasteiger partial charge in [-0.25, -0.2) is 19.3 Å². The van der Waals surface area contributed by atoms with Crippen LogP contribution in [-0.4, -0.2) is 38.2 Å². The van der Waals surface area contributed by atoms with Gasteiger partial charge in [-0.15, -0.1) is 0 Å². The summed E-state index contributed by atoms with van der Waals surface area (Å²) in [6.07, 6.45) is 8.06. The molecule has 1 aliphatic rings. The zero-order valence-electron chi connectivity index (χ0n) is 20.6. The van der Waals surface area contributed by atoms with Crippen LogP contribution >= 0.6 is 0 Å². The molecule has 3 aromatic heterocycles. The highest BCUT2D eigenvalue weighted by atomic mass is 19.1. The minimum Gasteiger partial charge on any atom is -0.363 e. The predicted molar refractivity (Wildman–Crippen MR) is 144 cm³/mol. The first-order valence-electron chi connectivity index (χ1n) is 12.1. The van der Waals surface area contributed by atoms with E-state index in [1.807, 2.05) is 19.1 Å². The molecule has 0 bridgehead atoms. The second kappa shape index (κ2) is 10.3. The lowest BCUT2D eigenvalue weighted by Crippen LogP contribution is -2.24. The number of anilines is 2. The van der Waals surface area contributed by atoms with Gasteiger partial charge >= 0.3 is 0 Å². The molecule has 5 rings (SSSR count). The van der Waals surface area contributed by atoms with Crippen LogP contribution in [0.2, 0.25) is 0 Å². The number of fused-ring (bicyclic) bond motifs is 1. The summed E-state index contributed by atoms with van der Waals surface area (Å²) in [5.41, 5.74) is 3.91. The molecule has 3 N–H and O–H groups in total. The van der Waals surface area contributed by atoms with E-state index in [1.165, 1.54) is 18.5 Å². The van der Waals surface area contributed by atoms with E-state index in [2.05, 4.69) is 49.1 Å². The average Bonchev–Trinajstić information content (AvgIpc) is 3.34. The SMILES string of the molecule is C=C(c1ccc(NC2C=CC(CC)=NC2)nc1F)c1c[nH]c2ncnc(N[C@@H](C)c3ccc(F)cc3)c12. The van der Waals surface area contributed by atoms with Crippen molar-refractivity contribution in [2.75, 3.05) is 17.2 Å². The number of hydrogen-bond donors (Lipinski definition) is 3. The van der Waals surface area contributed by atoms with Crippen LogP contribution < -0.4 is 10.6 Å². The van der Waals surface area contributed by atoms with Gasteiger partial charge in [-0.2, -0.15) is 4.39 Å². The number of allylic oxidation sites excluding steroid dienone is 1. The smallest absolute Gasteiger partial charge is 0.222 e. The number of rotatable bonds is 8. The van der Waals surface area contributed by atoms with Crippen molar-refractivity contribution in [2.45, 2.75) is 32.4 Å². The Labute approximate surface area is 213 Å². The number of dihydropyridines is 1. The number of benzene rings is 1. The lowest BCUT2D eigenvalue weighted by molar-refractivity contribution is 0.581. The van der Waals surface area contributed by atoms with Crippen LogP contribution in [0.3, 0.4) is 0 Å². The summed E-state index contributed by atoms with van der Waals surface area (Å²) in [4.78, 5) is 20.5. The molecule has 0 radical (unpaired) electrons. The molecule has 1 aromatic carbocycles. The van der Waals surface area contributed by atoms with Gasteiger partial charge in [0.1, 0.15) is 29.4 Å². The molecule has 9 heteroatoms.